The van der Waals surface area contributed by atoms with Crippen molar-refractivity contribution in [3.63, 3.8) is 0 Å². The van der Waals surface area contributed by atoms with E-state index >= 15 is 0 Å². The zero-order valence-corrected chi connectivity index (χ0v) is 21.3. The predicted molar refractivity (Wildman–Crippen MR) is 140 cm³/mol. The molecule has 0 aliphatic carbocycles. The maximum absolute atomic E-state index is 13.1. The van der Waals surface area contributed by atoms with Gasteiger partial charge in [-0.1, -0.05) is 18.2 Å². The summed E-state index contributed by atoms with van der Waals surface area (Å²) in [5, 5.41) is 16.0. The first-order chi connectivity index (χ1) is 17.6. The van der Waals surface area contributed by atoms with Crippen LogP contribution in [-0.2, 0) is 12.1 Å². The van der Waals surface area contributed by atoms with Crippen LogP contribution in [0, 0.1) is 0 Å². The second kappa shape index (κ2) is 9.48. The van der Waals surface area contributed by atoms with Crippen LogP contribution in [0.15, 0.2) is 71.9 Å². The first-order valence-electron chi connectivity index (χ1n) is 12.4. The molecule has 4 aromatic rings. The Labute approximate surface area is 214 Å². The first-order valence-corrected chi connectivity index (χ1v) is 12.4. The number of carbonyl (C=O) groups is 1. The highest BCUT2D eigenvalue weighted by Gasteiger charge is 2.35. The van der Waals surface area contributed by atoms with Crippen molar-refractivity contribution in [2.45, 2.75) is 51.3 Å². The number of nitrogens with zero attached hydrogens (tertiary/aromatic N) is 5. The molecule has 2 aromatic heterocycles. The van der Waals surface area contributed by atoms with Gasteiger partial charge in [-0.2, -0.15) is 5.10 Å². The van der Waals surface area contributed by atoms with Gasteiger partial charge in [-0.15, -0.1) is 0 Å². The van der Waals surface area contributed by atoms with Gasteiger partial charge < -0.3 is 14.7 Å². The molecule has 37 heavy (non-hydrogen) atoms. The van der Waals surface area contributed by atoms with Crippen LogP contribution in [0.4, 0.5) is 0 Å². The molecule has 2 aromatic carbocycles. The van der Waals surface area contributed by atoms with E-state index in [0.717, 1.165) is 5.75 Å². The Kier molecular flexibility index (Phi) is 6.33. The average molecular weight is 502 g/mol. The van der Waals surface area contributed by atoms with Crippen LogP contribution < -0.4 is 10.3 Å². The van der Waals surface area contributed by atoms with E-state index in [2.05, 4.69) is 10.1 Å². The van der Waals surface area contributed by atoms with Gasteiger partial charge in [0.25, 0.3) is 11.5 Å². The summed E-state index contributed by atoms with van der Waals surface area (Å²) in [4.78, 5) is 32.3. The van der Waals surface area contributed by atoms with Gasteiger partial charge in [0.2, 0.25) is 0 Å². The highest BCUT2D eigenvalue weighted by molar-refractivity contribution is 5.94. The van der Waals surface area contributed by atoms with E-state index in [4.69, 9.17) is 4.74 Å². The molecule has 0 bridgehead atoms. The number of piperidine rings is 1. The molecular weight excluding hydrogens is 470 g/mol. The average Bonchev–Trinajstić information content (AvgIpc) is 3.33. The monoisotopic (exact) mass is 501 g/mol. The molecule has 1 aliphatic rings. The zero-order valence-electron chi connectivity index (χ0n) is 21.3. The summed E-state index contributed by atoms with van der Waals surface area (Å²) in [6.07, 6.45) is 3.73. The SMILES string of the molecule is CC(C)(C)n1ncc2c(=O)n(CC3(O)CCN(C(=O)c4ccc(Oc5ccccc5)cc4)CC3)cnc21. The topological polar surface area (TPSA) is 102 Å². The maximum atomic E-state index is 13.1. The number of fused-ring (bicyclic) bond motifs is 1. The Hall–Kier alpha value is -3.98. The number of aliphatic hydroxyl groups is 1. The molecule has 0 radical (unpaired) electrons. The molecule has 192 valence electrons. The van der Waals surface area contributed by atoms with E-state index in [1.807, 2.05) is 51.1 Å². The molecule has 1 aliphatic heterocycles. The van der Waals surface area contributed by atoms with Crippen molar-refractivity contribution in [3.05, 3.63) is 83.0 Å². The molecule has 1 N–H and O–H groups in total. The Morgan fingerprint density at radius 1 is 1.03 bits per heavy atom. The second-order valence-electron chi connectivity index (χ2n) is 10.6. The number of hydrogen-bond donors (Lipinski definition) is 1. The van der Waals surface area contributed by atoms with Crippen molar-refractivity contribution in [1.29, 1.82) is 0 Å². The van der Waals surface area contributed by atoms with E-state index in [0.29, 0.717) is 48.3 Å². The van der Waals surface area contributed by atoms with Crippen LogP contribution in [0.25, 0.3) is 11.0 Å². The molecule has 9 nitrogen and oxygen atoms in total. The summed E-state index contributed by atoms with van der Waals surface area (Å²) >= 11 is 0. The van der Waals surface area contributed by atoms with Crippen molar-refractivity contribution < 1.29 is 14.6 Å². The van der Waals surface area contributed by atoms with Crippen LogP contribution in [0.3, 0.4) is 0 Å². The summed E-state index contributed by atoms with van der Waals surface area (Å²) in [7, 11) is 0. The van der Waals surface area contributed by atoms with Gasteiger partial charge in [-0.05, 0) is 70.0 Å². The summed E-state index contributed by atoms with van der Waals surface area (Å²) in [6, 6.07) is 16.5. The third-order valence-electron chi connectivity index (χ3n) is 6.72. The fraction of sp³-hybridized carbons (Fsp3) is 0.357. The second-order valence-corrected chi connectivity index (χ2v) is 10.6. The third-order valence-corrected chi connectivity index (χ3v) is 6.72. The smallest absolute Gasteiger partial charge is 0.264 e. The van der Waals surface area contributed by atoms with Gasteiger partial charge >= 0.3 is 0 Å². The quantitative estimate of drug-likeness (QED) is 0.446. The van der Waals surface area contributed by atoms with E-state index in [9.17, 15) is 14.7 Å². The van der Waals surface area contributed by atoms with Crippen LogP contribution >= 0.6 is 0 Å². The number of para-hydroxylation sites is 1. The molecule has 0 atom stereocenters. The van der Waals surface area contributed by atoms with Gasteiger partial charge in [-0.3, -0.25) is 14.2 Å². The van der Waals surface area contributed by atoms with Crippen molar-refractivity contribution >= 4 is 16.9 Å². The number of rotatable bonds is 5. The molecule has 0 spiro atoms. The number of likely N-dealkylation sites (tertiary alicyclic amines) is 1. The summed E-state index contributed by atoms with van der Waals surface area (Å²) in [6.45, 7) is 6.89. The van der Waals surface area contributed by atoms with Crippen LogP contribution in [0.2, 0.25) is 0 Å². The Morgan fingerprint density at radius 3 is 2.32 bits per heavy atom. The molecule has 0 saturated carbocycles. The standard InChI is InChI=1S/C28H31N5O4/c1-27(2,3)33-24-23(17-30-33)26(35)32(19-29-24)18-28(36)13-15-31(16-14-28)25(34)20-9-11-22(12-10-20)37-21-7-5-4-6-8-21/h4-12,17,19,36H,13-16,18H2,1-3H3. The summed E-state index contributed by atoms with van der Waals surface area (Å²) in [5.41, 5.74) is -0.553. The molecule has 0 unspecified atom stereocenters. The highest BCUT2D eigenvalue weighted by Crippen LogP contribution is 2.27. The van der Waals surface area contributed by atoms with Crippen molar-refractivity contribution in [3.8, 4) is 11.5 Å². The largest absolute Gasteiger partial charge is 0.457 e. The molecule has 5 rings (SSSR count). The van der Waals surface area contributed by atoms with E-state index in [1.54, 1.807) is 33.8 Å². The first kappa shape index (κ1) is 24.7. The number of ether oxygens (including phenoxy) is 1. The number of benzene rings is 2. The Morgan fingerprint density at radius 2 is 1.68 bits per heavy atom. The Balaban J connectivity index is 1.23. The zero-order chi connectivity index (χ0) is 26.2. The summed E-state index contributed by atoms with van der Waals surface area (Å²) < 4.78 is 8.97. The van der Waals surface area contributed by atoms with Crippen LogP contribution in [0.5, 0.6) is 11.5 Å². The minimum Gasteiger partial charge on any atom is -0.457 e. The lowest BCUT2D eigenvalue weighted by atomic mass is 9.91. The third kappa shape index (κ3) is 5.13. The van der Waals surface area contributed by atoms with Crippen LogP contribution in [0.1, 0.15) is 44.0 Å². The van der Waals surface area contributed by atoms with Gasteiger partial charge in [-0.25, -0.2) is 9.67 Å². The van der Waals surface area contributed by atoms with Crippen LogP contribution in [-0.4, -0.2) is 53.9 Å². The molecule has 1 amide bonds. The van der Waals surface area contributed by atoms with Crippen molar-refractivity contribution in [2.75, 3.05) is 13.1 Å². The highest BCUT2D eigenvalue weighted by atomic mass is 16.5. The fourth-order valence-electron chi connectivity index (χ4n) is 4.63. The van der Waals surface area contributed by atoms with E-state index in [1.165, 1.54) is 17.1 Å². The summed E-state index contributed by atoms with van der Waals surface area (Å²) in [5.74, 6) is 1.29. The lowest BCUT2D eigenvalue weighted by Crippen LogP contribution is -2.49. The van der Waals surface area contributed by atoms with Gasteiger partial charge in [0.15, 0.2) is 5.65 Å². The lowest BCUT2D eigenvalue weighted by Gasteiger charge is -2.38. The van der Waals surface area contributed by atoms with Gasteiger partial charge in [0.05, 0.1) is 23.9 Å². The number of aromatic nitrogens is 4. The molecule has 3 heterocycles. The molecular formula is C28H31N5O4. The predicted octanol–water partition coefficient (Wildman–Crippen LogP) is 3.81. The minimum atomic E-state index is -1.11. The van der Waals surface area contributed by atoms with E-state index in [-0.39, 0.29) is 23.6 Å². The Bertz CT molecular complexity index is 1460. The van der Waals surface area contributed by atoms with Gasteiger partial charge in [0, 0.05) is 18.7 Å². The van der Waals surface area contributed by atoms with Gasteiger partial charge in [0.1, 0.15) is 23.2 Å². The normalized spacial score (nSPS) is 15.6. The fourth-order valence-corrected chi connectivity index (χ4v) is 4.63. The van der Waals surface area contributed by atoms with E-state index < -0.39 is 5.60 Å². The van der Waals surface area contributed by atoms with Crippen molar-refractivity contribution in [1.82, 2.24) is 24.2 Å². The number of amides is 1. The minimum absolute atomic E-state index is 0.0943. The number of hydrogen-bond acceptors (Lipinski definition) is 6. The maximum Gasteiger partial charge on any atom is 0.264 e. The molecule has 9 heteroatoms. The lowest BCUT2D eigenvalue weighted by molar-refractivity contribution is -0.0299. The van der Waals surface area contributed by atoms with Crippen molar-refractivity contribution in [2.24, 2.45) is 0 Å². The molecule has 1 saturated heterocycles. The number of carbonyl (C=O) groups excluding carboxylic acids is 1. The molecule has 1 fully saturated rings.